The summed E-state index contributed by atoms with van der Waals surface area (Å²) in [5.74, 6) is -1.11. The Balaban J connectivity index is 3.46. The molecule has 0 aliphatic rings. The zero-order chi connectivity index (χ0) is 8.59. The molecule has 0 aromatic carbocycles. The summed E-state index contributed by atoms with van der Waals surface area (Å²) in [5.41, 5.74) is 0. The number of hydrogen-bond donors (Lipinski definition) is 0. The smallest absolute Gasteiger partial charge is 0.214 e. The number of hydrogen-bond acceptors (Lipinski definition) is 1. The third kappa shape index (κ3) is 1.17. The van der Waals surface area contributed by atoms with Crippen LogP contribution < -0.4 is 0 Å². The van der Waals surface area contributed by atoms with Crippen LogP contribution in [0, 0.1) is 5.95 Å². The molecule has 0 bridgehead atoms. The van der Waals surface area contributed by atoms with E-state index >= 15 is 0 Å². The molecule has 0 spiro atoms. The molecule has 42 valence electrons. The Morgan fingerprint density at radius 3 is 3.38 bits per heavy atom. The highest BCUT2D eigenvalue weighted by Crippen LogP contribution is 2.05. The number of nitrogens with zero attached hydrogens (tertiary/aromatic N) is 1. The summed E-state index contributed by atoms with van der Waals surface area (Å²) in [6.07, 6.45) is -0.552. The van der Waals surface area contributed by atoms with Gasteiger partial charge in [0.15, 0.2) is 0 Å². The maximum Gasteiger partial charge on any atom is 0.214 e. The molecule has 3 heteroatoms. The first-order valence-electron chi connectivity index (χ1n) is 3.33. The minimum atomic E-state index is -1.11. The molecule has 0 saturated carbocycles. The van der Waals surface area contributed by atoms with Crippen LogP contribution >= 0.6 is 11.6 Å². The second-order valence-electron chi connectivity index (χ2n) is 1.08. The Kier molecular flexibility index (Phi) is 0.727. The lowest BCUT2D eigenvalue weighted by atomic mass is 10.5. The highest BCUT2D eigenvalue weighted by Gasteiger charge is 1.88. The lowest BCUT2D eigenvalue weighted by Crippen LogP contribution is -1.76. The third-order valence-corrected chi connectivity index (χ3v) is 0.722. The summed E-state index contributed by atoms with van der Waals surface area (Å²) in [7, 11) is 0. The molecule has 1 rings (SSSR count). The lowest BCUT2D eigenvalue weighted by molar-refractivity contribution is 0.584. The first kappa shape index (κ1) is 2.78. The molecular weight excluding hydrogens is 129 g/mol. The lowest BCUT2D eigenvalue weighted by Gasteiger charge is -1.84. The SMILES string of the molecule is [2H]c1nc(F)c([2H])c(Cl)c1[2H]. The van der Waals surface area contributed by atoms with Crippen molar-refractivity contribution in [2.75, 3.05) is 0 Å². The fraction of sp³-hybridized carbons (Fsp3) is 0. The van der Waals surface area contributed by atoms with Gasteiger partial charge in [-0.25, -0.2) is 4.98 Å². The predicted molar refractivity (Wildman–Crippen MR) is 29.2 cm³/mol. The monoisotopic (exact) mass is 134 g/mol. The van der Waals surface area contributed by atoms with Crippen molar-refractivity contribution in [3.63, 3.8) is 0 Å². The topological polar surface area (TPSA) is 12.9 Å². The van der Waals surface area contributed by atoms with E-state index < -0.39 is 24.2 Å². The normalized spacial score (nSPS) is 14.5. The minimum Gasteiger partial charge on any atom is -0.228 e. The summed E-state index contributed by atoms with van der Waals surface area (Å²) in [4.78, 5) is 2.97. The van der Waals surface area contributed by atoms with Gasteiger partial charge < -0.3 is 0 Å². The van der Waals surface area contributed by atoms with Crippen molar-refractivity contribution in [3.05, 3.63) is 29.2 Å². The van der Waals surface area contributed by atoms with Gasteiger partial charge >= 0.3 is 0 Å². The summed E-state index contributed by atoms with van der Waals surface area (Å²) in [6.45, 7) is 0. The minimum absolute atomic E-state index is 0.373. The van der Waals surface area contributed by atoms with E-state index in [0.717, 1.165) is 0 Å². The average molecular weight is 135 g/mol. The molecule has 0 fully saturated rings. The Morgan fingerprint density at radius 2 is 2.62 bits per heavy atom. The molecule has 1 heterocycles. The van der Waals surface area contributed by atoms with Gasteiger partial charge in [-0.2, -0.15) is 4.39 Å². The van der Waals surface area contributed by atoms with Crippen LogP contribution in [-0.2, 0) is 0 Å². The molecule has 0 radical (unpaired) electrons. The first-order chi connectivity index (χ1) is 5.04. The van der Waals surface area contributed by atoms with Gasteiger partial charge in [-0.05, 0) is 6.04 Å². The Morgan fingerprint density at radius 1 is 1.88 bits per heavy atom. The van der Waals surface area contributed by atoms with E-state index in [9.17, 15) is 4.39 Å². The zero-order valence-corrected chi connectivity index (χ0v) is 4.46. The van der Waals surface area contributed by atoms with E-state index in [2.05, 4.69) is 4.98 Å². The summed E-state index contributed by atoms with van der Waals surface area (Å²) < 4.78 is 33.2. The Bertz CT molecular complexity index is 278. The Hall–Kier alpha value is -0.630. The van der Waals surface area contributed by atoms with Gasteiger partial charge in [0.25, 0.3) is 0 Å². The Labute approximate surface area is 55.3 Å². The second kappa shape index (κ2) is 2.09. The largest absolute Gasteiger partial charge is 0.228 e. The summed E-state index contributed by atoms with van der Waals surface area (Å²) in [6, 6.07) is -1.05. The number of halogens is 2. The molecule has 0 atom stereocenters. The summed E-state index contributed by atoms with van der Waals surface area (Å²) in [5, 5.41) is -0.373. The van der Waals surface area contributed by atoms with E-state index in [1.54, 1.807) is 0 Å². The van der Waals surface area contributed by atoms with Crippen LogP contribution in [0.3, 0.4) is 0 Å². The van der Waals surface area contributed by atoms with Gasteiger partial charge in [-0.3, -0.25) is 0 Å². The number of aromatic nitrogens is 1. The van der Waals surface area contributed by atoms with Gasteiger partial charge in [-0.1, -0.05) is 11.6 Å². The molecule has 1 aromatic heterocycles. The van der Waals surface area contributed by atoms with E-state index in [0.29, 0.717) is 0 Å². The van der Waals surface area contributed by atoms with Gasteiger partial charge in [0, 0.05) is 17.2 Å². The molecule has 0 aliphatic heterocycles. The van der Waals surface area contributed by atoms with Crippen LogP contribution in [0.5, 0.6) is 0 Å². The fourth-order valence-electron chi connectivity index (χ4n) is 0.276. The third-order valence-electron chi connectivity index (χ3n) is 0.533. The highest BCUT2D eigenvalue weighted by atomic mass is 35.5. The standard InChI is InChI=1S/C5H3ClFN/c6-4-1-2-8-5(7)3-4/h1-3H/i1D,2D,3D. The van der Waals surface area contributed by atoms with E-state index in [1.165, 1.54) is 0 Å². The molecule has 0 N–H and O–H groups in total. The predicted octanol–water partition coefficient (Wildman–Crippen LogP) is 1.87. The van der Waals surface area contributed by atoms with Crippen molar-refractivity contribution in [2.45, 2.75) is 0 Å². The molecule has 0 unspecified atom stereocenters. The van der Waals surface area contributed by atoms with Gasteiger partial charge in [-0.15, -0.1) is 0 Å². The van der Waals surface area contributed by atoms with Gasteiger partial charge in [0.05, 0.1) is 4.11 Å². The summed E-state index contributed by atoms with van der Waals surface area (Å²) >= 11 is 5.31. The fourth-order valence-corrected chi connectivity index (χ4v) is 0.396. The van der Waals surface area contributed by atoms with E-state index in [-0.39, 0.29) is 5.02 Å². The average Bonchev–Trinajstić information content (AvgIpc) is 1.97. The van der Waals surface area contributed by atoms with Crippen LogP contribution in [0.2, 0.25) is 5.02 Å². The molecule has 1 aromatic rings. The highest BCUT2D eigenvalue weighted by molar-refractivity contribution is 6.30. The molecule has 0 amide bonds. The van der Waals surface area contributed by atoms with Crippen molar-refractivity contribution >= 4 is 11.6 Å². The second-order valence-corrected chi connectivity index (χ2v) is 1.46. The van der Waals surface area contributed by atoms with Crippen molar-refractivity contribution < 1.29 is 8.50 Å². The van der Waals surface area contributed by atoms with Crippen LogP contribution in [0.4, 0.5) is 4.39 Å². The van der Waals surface area contributed by atoms with Crippen LogP contribution in [0.25, 0.3) is 0 Å². The van der Waals surface area contributed by atoms with Crippen molar-refractivity contribution in [2.24, 2.45) is 0 Å². The van der Waals surface area contributed by atoms with E-state index in [4.69, 9.17) is 15.7 Å². The molecule has 0 saturated heterocycles. The number of rotatable bonds is 0. The van der Waals surface area contributed by atoms with Crippen molar-refractivity contribution in [1.82, 2.24) is 4.98 Å². The van der Waals surface area contributed by atoms with Crippen LogP contribution in [-0.4, -0.2) is 4.98 Å². The maximum absolute atomic E-state index is 12.4. The maximum atomic E-state index is 12.4. The van der Waals surface area contributed by atoms with E-state index in [1.807, 2.05) is 0 Å². The quantitative estimate of drug-likeness (QED) is 0.494. The zero-order valence-electron chi connectivity index (χ0n) is 6.70. The van der Waals surface area contributed by atoms with Crippen LogP contribution in [0.1, 0.15) is 4.11 Å². The molecule has 8 heavy (non-hydrogen) atoms. The molecule has 0 aliphatic carbocycles. The first-order valence-corrected chi connectivity index (χ1v) is 2.20. The molecular formula is C5H3ClFN. The van der Waals surface area contributed by atoms with Crippen LogP contribution in [0.15, 0.2) is 18.3 Å². The number of pyridine rings is 1. The van der Waals surface area contributed by atoms with Crippen molar-refractivity contribution in [3.8, 4) is 0 Å². The van der Waals surface area contributed by atoms with Gasteiger partial charge in [0.2, 0.25) is 5.95 Å². The molecule has 1 nitrogen and oxygen atoms in total. The van der Waals surface area contributed by atoms with Gasteiger partial charge in [0.1, 0.15) is 0 Å². The van der Waals surface area contributed by atoms with Crippen molar-refractivity contribution in [1.29, 1.82) is 0 Å².